The molecule has 0 aliphatic carbocycles. The van der Waals surface area contributed by atoms with Crippen molar-refractivity contribution in [1.29, 1.82) is 0 Å². The number of benzene rings is 1. The van der Waals surface area contributed by atoms with E-state index in [0.717, 1.165) is 12.1 Å². The lowest BCUT2D eigenvalue weighted by molar-refractivity contribution is 0.562. The van der Waals surface area contributed by atoms with Gasteiger partial charge in [0.15, 0.2) is 0 Å². The van der Waals surface area contributed by atoms with Crippen molar-refractivity contribution in [1.82, 2.24) is 10.0 Å². The summed E-state index contributed by atoms with van der Waals surface area (Å²) in [6, 6.07) is 7.20. The minimum atomic E-state index is -3.45. The standard InChI is InChI=1S/C15H24N2O2S/c1-5-6-13(4)17-20(18,19)15-9-7-14(8-10-15)11-16-12(2)3/h5,7-10,12-13,16-17H,1,6,11H2,2-4H3. The molecular weight excluding hydrogens is 272 g/mol. The molecule has 0 radical (unpaired) electrons. The Kier molecular flexibility index (Phi) is 6.39. The van der Waals surface area contributed by atoms with Crippen molar-refractivity contribution in [3.05, 3.63) is 42.5 Å². The Morgan fingerprint density at radius 1 is 1.20 bits per heavy atom. The molecule has 1 aromatic rings. The highest BCUT2D eigenvalue weighted by Gasteiger charge is 2.16. The average Bonchev–Trinajstić information content (AvgIpc) is 2.36. The third kappa shape index (κ3) is 5.45. The van der Waals surface area contributed by atoms with Gasteiger partial charge in [0.2, 0.25) is 10.0 Å². The first-order valence-electron chi connectivity index (χ1n) is 6.80. The largest absolute Gasteiger partial charge is 0.310 e. The number of rotatable bonds is 8. The van der Waals surface area contributed by atoms with E-state index in [1.807, 2.05) is 19.1 Å². The van der Waals surface area contributed by atoms with Crippen molar-refractivity contribution in [3.63, 3.8) is 0 Å². The summed E-state index contributed by atoms with van der Waals surface area (Å²) in [6.07, 6.45) is 2.31. The first-order chi connectivity index (χ1) is 9.35. The van der Waals surface area contributed by atoms with Gasteiger partial charge in [-0.1, -0.05) is 32.1 Å². The van der Waals surface area contributed by atoms with Crippen LogP contribution in [0.15, 0.2) is 41.8 Å². The van der Waals surface area contributed by atoms with Crippen LogP contribution in [0.3, 0.4) is 0 Å². The van der Waals surface area contributed by atoms with Crippen molar-refractivity contribution in [2.45, 2.75) is 50.7 Å². The van der Waals surface area contributed by atoms with Gasteiger partial charge in [-0.15, -0.1) is 6.58 Å². The van der Waals surface area contributed by atoms with Crippen molar-refractivity contribution >= 4 is 10.0 Å². The molecule has 1 atom stereocenters. The molecule has 4 nitrogen and oxygen atoms in total. The molecule has 0 amide bonds. The SMILES string of the molecule is C=CCC(C)NS(=O)(=O)c1ccc(CNC(C)C)cc1. The van der Waals surface area contributed by atoms with E-state index in [1.165, 1.54) is 0 Å². The van der Waals surface area contributed by atoms with E-state index in [9.17, 15) is 8.42 Å². The van der Waals surface area contributed by atoms with Gasteiger partial charge in [-0.2, -0.15) is 0 Å². The minimum absolute atomic E-state index is 0.153. The summed E-state index contributed by atoms with van der Waals surface area (Å²) in [7, 11) is -3.45. The second kappa shape index (κ2) is 7.57. The summed E-state index contributed by atoms with van der Waals surface area (Å²) >= 11 is 0. The number of hydrogen-bond acceptors (Lipinski definition) is 3. The highest BCUT2D eigenvalue weighted by atomic mass is 32.2. The van der Waals surface area contributed by atoms with Gasteiger partial charge in [-0.3, -0.25) is 0 Å². The highest BCUT2D eigenvalue weighted by Crippen LogP contribution is 2.12. The fourth-order valence-corrected chi connectivity index (χ4v) is 3.00. The lowest BCUT2D eigenvalue weighted by Gasteiger charge is -2.13. The molecule has 0 spiro atoms. The van der Waals surface area contributed by atoms with Gasteiger partial charge >= 0.3 is 0 Å². The Bertz CT molecular complexity index is 521. The van der Waals surface area contributed by atoms with E-state index in [-0.39, 0.29) is 6.04 Å². The predicted molar refractivity (Wildman–Crippen MR) is 83.0 cm³/mol. The van der Waals surface area contributed by atoms with Crippen LogP contribution in [0.25, 0.3) is 0 Å². The summed E-state index contributed by atoms with van der Waals surface area (Å²) in [5, 5.41) is 3.29. The molecule has 1 rings (SSSR count). The Labute approximate surface area is 122 Å². The molecule has 1 unspecified atom stereocenters. The quantitative estimate of drug-likeness (QED) is 0.724. The van der Waals surface area contributed by atoms with Gasteiger partial charge in [-0.25, -0.2) is 13.1 Å². The molecule has 0 aliphatic rings. The average molecular weight is 296 g/mol. The van der Waals surface area contributed by atoms with Gasteiger partial charge in [0, 0.05) is 18.6 Å². The first-order valence-corrected chi connectivity index (χ1v) is 8.29. The summed E-state index contributed by atoms with van der Waals surface area (Å²) in [4.78, 5) is 0.293. The molecule has 5 heteroatoms. The molecule has 0 fully saturated rings. The van der Waals surface area contributed by atoms with Crippen LogP contribution >= 0.6 is 0 Å². The summed E-state index contributed by atoms with van der Waals surface area (Å²) in [6.45, 7) is 10.3. The van der Waals surface area contributed by atoms with Crippen molar-refractivity contribution in [3.8, 4) is 0 Å². The van der Waals surface area contributed by atoms with E-state index < -0.39 is 10.0 Å². The van der Waals surface area contributed by atoms with E-state index in [1.54, 1.807) is 18.2 Å². The molecule has 0 aliphatic heterocycles. The van der Waals surface area contributed by atoms with E-state index in [0.29, 0.717) is 17.4 Å². The fraction of sp³-hybridized carbons (Fsp3) is 0.467. The van der Waals surface area contributed by atoms with Crippen LogP contribution in [-0.2, 0) is 16.6 Å². The maximum Gasteiger partial charge on any atom is 0.240 e. The summed E-state index contributed by atoms with van der Waals surface area (Å²) in [5.74, 6) is 0. The van der Waals surface area contributed by atoms with E-state index in [2.05, 4.69) is 30.5 Å². The number of nitrogens with one attached hydrogen (secondary N) is 2. The van der Waals surface area contributed by atoms with Gasteiger partial charge in [0.1, 0.15) is 0 Å². The van der Waals surface area contributed by atoms with Crippen LogP contribution in [0.5, 0.6) is 0 Å². The van der Waals surface area contributed by atoms with Crippen LogP contribution < -0.4 is 10.0 Å². The second-order valence-electron chi connectivity index (χ2n) is 5.23. The number of hydrogen-bond donors (Lipinski definition) is 2. The van der Waals surface area contributed by atoms with Crippen LogP contribution in [0.4, 0.5) is 0 Å². The second-order valence-corrected chi connectivity index (χ2v) is 6.94. The van der Waals surface area contributed by atoms with Crippen molar-refractivity contribution in [2.75, 3.05) is 0 Å². The maximum absolute atomic E-state index is 12.1. The summed E-state index contributed by atoms with van der Waals surface area (Å²) in [5.41, 5.74) is 1.07. The third-order valence-electron chi connectivity index (χ3n) is 2.82. The fourth-order valence-electron chi connectivity index (χ4n) is 1.74. The Hall–Kier alpha value is -1.17. The van der Waals surface area contributed by atoms with Crippen LogP contribution in [0.2, 0.25) is 0 Å². The Balaban J connectivity index is 2.74. The van der Waals surface area contributed by atoms with Gasteiger partial charge in [0.05, 0.1) is 4.90 Å². The Morgan fingerprint density at radius 3 is 2.30 bits per heavy atom. The van der Waals surface area contributed by atoms with Gasteiger partial charge < -0.3 is 5.32 Å². The van der Waals surface area contributed by atoms with E-state index >= 15 is 0 Å². The molecule has 0 saturated carbocycles. The Morgan fingerprint density at radius 2 is 1.80 bits per heavy atom. The molecule has 2 N–H and O–H groups in total. The summed E-state index contributed by atoms with van der Waals surface area (Å²) < 4.78 is 26.9. The zero-order valence-electron chi connectivity index (χ0n) is 12.4. The first kappa shape index (κ1) is 16.9. The maximum atomic E-state index is 12.1. The molecule has 0 heterocycles. The molecule has 1 aromatic carbocycles. The lowest BCUT2D eigenvalue weighted by Crippen LogP contribution is -2.32. The van der Waals surface area contributed by atoms with Crippen LogP contribution in [0.1, 0.15) is 32.8 Å². The van der Waals surface area contributed by atoms with Crippen molar-refractivity contribution < 1.29 is 8.42 Å². The smallest absolute Gasteiger partial charge is 0.240 e. The third-order valence-corrected chi connectivity index (χ3v) is 4.43. The molecule has 0 aromatic heterocycles. The van der Waals surface area contributed by atoms with Crippen LogP contribution in [0, 0.1) is 0 Å². The van der Waals surface area contributed by atoms with Gasteiger partial charge in [0.25, 0.3) is 0 Å². The highest BCUT2D eigenvalue weighted by molar-refractivity contribution is 7.89. The lowest BCUT2D eigenvalue weighted by atomic mass is 10.2. The molecule has 0 bridgehead atoms. The molecular formula is C15H24N2O2S. The number of sulfonamides is 1. The van der Waals surface area contributed by atoms with E-state index in [4.69, 9.17) is 0 Å². The topological polar surface area (TPSA) is 58.2 Å². The molecule has 20 heavy (non-hydrogen) atoms. The van der Waals surface area contributed by atoms with Gasteiger partial charge in [-0.05, 0) is 31.0 Å². The van der Waals surface area contributed by atoms with Crippen LogP contribution in [-0.4, -0.2) is 20.5 Å². The predicted octanol–water partition coefficient (Wildman–Crippen LogP) is 2.43. The molecule has 0 saturated heterocycles. The zero-order chi connectivity index (χ0) is 15.2. The van der Waals surface area contributed by atoms with Crippen molar-refractivity contribution in [2.24, 2.45) is 0 Å². The minimum Gasteiger partial charge on any atom is -0.310 e. The zero-order valence-corrected chi connectivity index (χ0v) is 13.2. The normalized spacial score (nSPS) is 13.4. The monoisotopic (exact) mass is 296 g/mol. The molecule has 112 valence electrons.